The summed E-state index contributed by atoms with van der Waals surface area (Å²) in [4.78, 5) is 8.89. The molecule has 0 aliphatic rings. The van der Waals surface area contributed by atoms with E-state index >= 15 is 0 Å². The van der Waals surface area contributed by atoms with Gasteiger partial charge in [-0.15, -0.1) is 0 Å². The molecule has 136 valence electrons. The molecule has 25 heavy (non-hydrogen) atoms. The highest BCUT2D eigenvalue weighted by atomic mass is 16.5. The lowest BCUT2D eigenvalue weighted by atomic mass is 10.2. The maximum atomic E-state index is 5.25. The van der Waals surface area contributed by atoms with Gasteiger partial charge in [0.2, 0.25) is 0 Å². The number of aliphatic imine (C=N–C) groups is 1. The van der Waals surface area contributed by atoms with Crippen molar-refractivity contribution < 1.29 is 4.74 Å². The van der Waals surface area contributed by atoms with Gasteiger partial charge in [0.1, 0.15) is 11.6 Å². The number of nitrogens with one attached hydrogen (secondary N) is 2. The summed E-state index contributed by atoms with van der Waals surface area (Å²) >= 11 is 0. The van der Waals surface area contributed by atoms with E-state index in [-0.39, 0.29) is 0 Å². The number of hydrogen-bond donors (Lipinski definition) is 2. The number of aryl methyl sites for hydroxylation is 2. The first kappa shape index (κ1) is 18.8. The molecule has 0 spiro atoms. The topological polar surface area (TPSA) is 63.5 Å². The van der Waals surface area contributed by atoms with E-state index in [0.29, 0.717) is 6.54 Å². The molecule has 0 amide bonds. The van der Waals surface area contributed by atoms with E-state index in [1.165, 1.54) is 0 Å². The van der Waals surface area contributed by atoms with Crippen molar-refractivity contribution in [3.63, 3.8) is 0 Å². The van der Waals surface area contributed by atoms with Crippen LogP contribution in [0.15, 0.2) is 41.7 Å². The molecule has 0 atom stereocenters. The fraction of sp³-hybridized carbons (Fsp3) is 0.474. The zero-order chi connectivity index (χ0) is 17.9. The molecule has 0 radical (unpaired) electrons. The van der Waals surface area contributed by atoms with Crippen LogP contribution >= 0.6 is 0 Å². The van der Waals surface area contributed by atoms with E-state index in [1.54, 1.807) is 7.11 Å². The lowest BCUT2D eigenvalue weighted by molar-refractivity contribution is 0.414. The second-order valence-corrected chi connectivity index (χ2v) is 5.85. The van der Waals surface area contributed by atoms with Crippen LogP contribution in [0.2, 0.25) is 0 Å². The molecular formula is C19H29N5O. The summed E-state index contributed by atoms with van der Waals surface area (Å²) < 4.78 is 7.44. The first-order valence-electron chi connectivity index (χ1n) is 8.85. The maximum Gasteiger partial charge on any atom is 0.191 e. The van der Waals surface area contributed by atoms with Crippen LogP contribution in [0.1, 0.15) is 31.2 Å². The number of benzene rings is 1. The van der Waals surface area contributed by atoms with Crippen molar-refractivity contribution in [2.45, 2.75) is 39.8 Å². The van der Waals surface area contributed by atoms with Gasteiger partial charge in [-0.3, -0.25) is 0 Å². The van der Waals surface area contributed by atoms with Crippen molar-refractivity contribution in [2.24, 2.45) is 4.99 Å². The highest BCUT2D eigenvalue weighted by Gasteiger charge is 2.00. The Bertz CT molecular complexity index is 665. The number of guanidine groups is 1. The average Bonchev–Trinajstić information content (AvgIpc) is 3.04. The Morgan fingerprint density at radius 1 is 1.28 bits per heavy atom. The van der Waals surface area contributed by atoms with Gasteiger partial charge in [-0.25, -0.2) is 9.98 Å². The Kier molecular flexibility index (Phi) is 7.82. The first-order chi connectivity index (χ1) is 12.2. The fourth-order valence-corrected chi connectivity index (χ4v) is 2.54. The lowest BCUT2D eigenvalue weighted by Crippen LogP contribution is -2.37. The average molecular weight is 343 g/mol. The maximum absolute atomic E-state index is 5.25. The predicted molar refractivity (Wildman–Crippen MR) is 102 cm³/mol. The number of aromatic nitrogens is 2. The molecule has 2 aromatic rings. The summed E-state index contributed by atoms with van der Waals surface area (Å²) in [6.45, 7) is 7.49. The highest BCUT2D eigenvalue weighted by molar-refractivity contribution is 5.79. The summed E-state index contributed by atoms with van der Waals surface area (Å²) in [5.41, 5.74) is 1.13. The minimum absolute atomic E-state index is 0.626. The fourth-order valence-electron chi connectivity index (χ4n) is 2.54. The number of methoxy groups -OCH3 is 1. The molecule has 0 saturated carbocycles. The smallest absolute Gasteiger partial charge is 0.191 e. The van der Waals surface area contributed by atoms with Crippen molar-refractivity contribution in [3.05, 3.63) is 48.0 Å². The molecular weight excluding hydrogens is 314 g/mol. The SMILES string of the molecule is CCNC(=NCc1cccc(OC)c1)NCCCCn1ccnc1C. The summed E-state index contributed by atoms with van der Waals surface area (Å²) in [5, 5.41) is 6.68. The third-order valence-corrected chi connectivity index (χ3v) is 3.94. The van der Waals surface area contributed by atoms with Crippen LogP contribution in [0.25, 0.3) is 0 Å². The molecule has 2 rings (SSSR count). The van der Waals surface area contributed by atoms with E-state index in [1.807, 2.05) is 37.5 Å². The molecule has 0 aliphatic heterocycles. The Balaban J connectivity index is 1.76. The van der Waals surface area contributed by atoms with Gasteiger partial charge in [0.05, 0.1) is 13.7 Å². The molecule has 0 unspecified atom stereocenters. The molecule has 0 aliphatic carbocycles. The van der Waals surface area contributed by atoms with Gasteiger partial charge >= 0.3 is 0 Å². The number of ether oxygens (including phenoxy) is 1. The first-order valence-corrected chi connectivity index (χ1v) is 8.85. The standard InChI is InChI=1S/C19H29N5O/c1-4-20-19(23-15-17-8-7-9-18(14-17)25-3)22-10-5-6-12-24-13-11-21-16(24)2/h7-9,11,13-14H,4-6,10,12,15H2,1-3H3,(H2,20,22,23). The van der Waals surface area contributed by atoms with Crippen molar-refractivity contribution in [1.82, 2.24) is 20.2 Å². The van der Waals surface area contributed by atoms with Crippen LogP contribution in [0.4, 0.5) is 0 Å². The van der Waals surface area contributed by atoms with Crippen LogP contribution in [0.3, 0.4) is 0 Å². The van der Waals surface area contributed by atoms with E-state index in [4.69, 9.17) is 4.74 Å². The Hall–Kier alpha value is -2.50. The van der Waals surface area contributed by atoms with Crippen molar-refractivity contribution in [3.8, 4) is 5.75 Å². The normalized spacial score (nSPS) is 11.4. The Morgan fingerprint density at radius 2 is 2.16 bits per heavy atom. The zero-order valence-electron chi connectivity index (χ0n) is 15.5. The van der Waals surface area contributed by atoms with E-state index in [0.717, 1.165) is 55.6 Å². The van der Waals surface area contributed by atoms with Crippen molar-refractivity contribution >= 4 is 5.96 Å². The van der Waals surface area contributed by atoms with Crippen LogP contribution in [0, 0.1) is 6.92 Å². The van der Waals surface area contributed by atoms with Crippen LogP contribution < -0.4 is 15.4 Å². The second kappa shape index (κ2) is 10.4. The van der Waals surface area contributed by atoms with Gasteiger partial charge in [0.15, 0.2) is 5.96 Å². The number of unbranched alkanes of at least 4 members (excludes halogenated alkanes) is 1. The van der Waals surface area contributed by atoms with Crippen LogP contribution in [0.5, 0.6) is 5.75 Å². The van der Waals surface area contributed by atoms with E-state index < -0.39 is 0 Å². The van der Waals surface area contributed by atoms with Crippen molar-refractivity contribution in [2.75, 3.05) is 20.2 Å². The molecule has 2 N–H and O–H groups in total. The van der Waals surface area contributed by atoms with E-state index in [9.17, 15) is 0 Å². The summed E-state index contributed by atoms with van der Waals surface area (Å²) in [6, 6.07) is 8.00. The van der Waals surface area contributed by atoms with Gasteiger partial charge in [-0.05, 0) is 44.4 Å². The molecule has 6 nitrogen and oxygen atoms in total. The van der Waals surface area contributed by atoms with E-state index in [2.05, 4.69) is 38.2 Å². The van der Waals surface area contributed by atoms with Gasteiger partial charge in [-0.2, -0.15) is 0 Å². The number of nitrogens with zero attached hydrogens (tertiary/aromatic N) is 3. The minimum Gasteiger partial charge on any atom is -0.497 e. The molecule has 0 fully saturated rings. The number of hydrogen-bond acceptors (Lipinski definition) is 3. The zero-order valence-corrected chi connectivity index (χ0v) is 15.5. The van der Waals surface area contributed by atoms with Crippen LogP contribution in [-0.4, -0.2) is 35.7 Å². The lowest BCUT2D eigenvalue weighted by Gasteiger charge is -2.12. The van der Waals surface area contributed by atoms with Crippen molar-refractivity contribution in [1.29, 1.82) is 0 Å². The monoisotopic (exact) mass is 343 g/mol. The molecule has 6 heteroatoms. The largest absolute Gasteiger partial charge is 0.497 e. The molecule has 1 heterocycles. The minimum atomic E-state index is 0.626. The van der Waals surface area contributed by atoms with Gasteiger partial charge in [0, 0.05) is 32.0 Å². The van der Waals surface area contributed by atoms with Gasteiger partial charge in [-0.1, -0.05) is 12.1 Å². The summed E-state index contributed by atoms with van der Waals surface area (Å²) in [5.74, 6) is 2.78. The van der Waals surface area contributed by atoms with Gasteiger partial charge in [0.25, 0.3) is 0 Å². The third kappa shape index (κ3) is 6.49. The van der Waals surface area contributed by atoms with Crippen LogP contribution in [-0.2, 0) is 13.1 Å². The molecule has 0 saturated heterocycles. The third-order valence-electron chi connectivity index (χ3n) is 3.94. The number of rotatable bonds is 9. The second-order valence-electron chi connectivity index (χ2n) is 5.85. The molecule has 1 aromatic carbocycles. The number of imidazole rings is 1. The Morgan fingerprint density at radius 3 is 2.88 bits per heavy atom. The predicted octanol–water partition coefficient (Wildman–Crippen LogP) is 2.74. The summed E-state index contributed by atoms with van der Waals surface area (Å²) in [7, 11) is 1.68. The highest BCUT2D eigenvalue weighted by Crippen LogP contribution is 2.13. The Labute approximate surface area is 150 Å². The summed E-state index contributed by atoms with van der Waals surface area (Å²) in [6.07, 6.45) is 6.07. The molecule has 0 bridgehead atoms. The molecule has 1 aromatic heterocycles. The quantitative estimate of drug-likeness (QED) is 0.417. The van der Waals surface area contributed by atoms with Gasteiger partial charge < -0.3 is 19.9 Å².